The van der Waals surface area contributed by atoms with Crippen LogP contribution in [-0.4, -0.2) is 42.4 Å². The van der Waals surface area contributed by atoms with Crippen molar-refractivity contribution in [2.24, 2.45) is 0 Å². The molecule has 3 nitrogen and oxygen atoms in total. The third-order valence-corrected chi connectivity index (χ3v) is 3.56. The number of rotatable bonds is 3. The molecule has 0 aliphatic carbocycles. The van der Waals surface area contributed by atoms with Crippen molar-refractivity contribution in [3.63, 3.8) is 0 Å². The van der Waals surface area contributed by atoms with Gasteiger partial charge in [0.25, 0.3) is 0 Å². The summed E-state index contributed by atoms with van der Waals surface area (Å²) in [6.07, 6.45) is -0.281. The third-order valence-electron chi connectivity index (χ3n) is 2.95. The van der Waals surface area contributed by atoms with Crippen LogP contribution in [0.5, 0.6) is 0 Å². The summed E-state index contributed by atoms with van der Waals surface area (Å²) in [4.78, 5) is 1.87. The number of halogens is 3. The van der Waals surface area contributed by atoms with Crippen molar-refractivity contribution >= 4 is 15.9 Å². The van der Waals surface area contributed by atoms with Crippen molar-refractivity contribution in [2.75, 3.05) is 26.3 Å². The fraction of sp³-hybridized carbons (Fsp3) is 0.500. The Kier molecular flexibility index (Phi) is 4.66. The van der Waals surface area contributed by atoms with Crippen molar-refractivity contribution in [3.05, 3.63) is 33.8 Å². The van der Waals surface area contributed by atoms with Crippen LogP contribution in [0.1, 0.15) is 5.56 Å². The summed E-state index contributed by atoms with van der Waals surface area (Å²) in [6, 6.07) is 2.59. The molecular weight excluding hydrogens is 308 g/mol. The minimum atomic E-state index is -0.568. The second-order valence-corrected chi connectivity index (χ2v) is 5.09. The van der Waals surface area contributed by atoms with Gasteiger partial charge in [0.1, 0.15) is 11.6 Å². The minimum Gasteiger partial charge on any atom is -0.394 e. The highest BCUT2D eigenvalue weighted by molar-refractivity contribution is 9.10. The van der Waals surface area contributed by atoms with Crippen LogP contribution < -0.4 is 0 Å². The number of nitrogens with zero attached hydrogens (tertiary/aromatic N) is 1. The van der Waals surface area contributed by atoms with Crippen molar-refractivity contribution < 1.29 is 18.6 Å². The van der Waals surface area contributed by atoms with E-state index in [0.717, 1.165) is 0 Å². The number of hydrogen-bond donors (Lipinski definition) is 1. The van der Waals surface area contributed by atoms with Gasteiger partial charge in [-0.1, -0.05) is 0 Å². The van der Waals surface area contributed by atoms with Gasteiger partial charge in [0.2, 0.25) is 0 Å². The van der Waals surface area contributed by atoms with E-state index in [1.54, 1.807) is 0 Å². The van der Waals surface area contributed by atoms with Crippen LogP contribution in [0, 0.1) is 11.6 Å². The number of aliphatic hydroxyl groups excluding tert-OH is 1. The average Bonchev–Trinajstić information content (AvgIpc) is 2.39. The molecule has 1 aliphatic rings. The summed E-state index contributed by atoms with van der Waals surface area (Å²) >= 11 is 3.05. The molecule has 1 atom stereocenters. The average molecular weight is 322 g/mol. The van der Waals surface area contributed by atoms with Crippen LogP contribution in [0.3, 0.4) is 0 Å². The molecule has 2 rings (SSSR count). The molecule has 1 heterocycles. The monoisotopic (exact) mass is 321 g/mol. The Morgan fingerprint density at radius 2 is 2.22 bits per heavy atom. The predicted octanol–water partition coefficient (Wildman–Crippen LogP) is 1.92. The Bertz CT molecular complexity index is 431. The minimum absolute atomic E-state index is 0.0444. The Morgan fingerprint density at radius 1 is 1.44 bits per heavy atom. The zero-order valence-corrected chi connectivity index (χ0v) is 11.3. The molecule has 1 unspecified atom stereocenters. The van der Waals surface area contributed by atoms with Crippen LogP contribution in [0.25, 0.3) is 0 Å². The lowest BCUT2D eigenvalue weighted by Crippen LogP contribution is -2.43. The molecule has 0 amide bonds. The lowest BCUT2D eigenvalue weighted by Gasteiger charge is -2.32. The molecule has 1 aliphatic heterocycles. The van der Waals surface area contributed by atoms with Gasteiger partial charge in [-0.3, -0.25) is 4.90 Å². The number of morpholine rings is 1. The predicted molar refractivity (Wildman–Crippen MR) is 66.2 cm³/mol. The van der Waals surface area contributed by atoms with E-state index in [9.17, 15) is 8.78 Å². The molecule has 0 saturated carbocycles. The summed E-state index contributed by atoms with van der Waals surface area (Å²) in [5, 5.41) is 9.02. The van der Waals surface area contributed by atoms with E-state index < -0.39 is 11.6 Å². The van der Waals surface area contributed by atoms with Gasteiger partial charge in [-0.05, 0) is 28.1 Å². The van der Waals surface area contributed by atoms with E-state index >= 15 is 0 Å². The maximum Gasteiger partial charge on any atom is 0.144 e. The second kappa shape index (κ2) is 6.06. The lowest BCUT2D eigenvalue weighted by molar-refractivity contribution is -0.0555. The first-order chi connectivity index (χ1) is 8.61. The molecule has 0 spiro atoms. The molecule has 1 N–H and O–H groups in total. The summed E-state index contributed by atoms with van der Waals surface area (Å²) in [5.74, 6) is -1.12. The lowest BCUT2D eigenvalue weighted by atomic mass is 10.1. The van der Waals surface area contributed by atoms with Gasteiger partial charge in [-0.25, -0.2) is 8.78 Å². The molecule has 1 fully saturated rings. The van der Waals surface area contributed by atoms with Gasteiger partial charge >= 0.3 is 0 Å². The van der Waals surface area contributed by atoms with E-state index in [0.29, 0.717) is 19.7 Å². The normalized spacial score (nSPS) is 21.2. The molecule has 0 bridgehead atoms. The quantitative estimate of drug-likeness (QED) is 0.863. The Hall–Kier alpha value is -0.560. The van der Waals surface area contributed by atoms with Crippen LogP contribution in [0.15, 0.2) is 16.6 Å². The zero-order valence-electron chi connectivity index (χ0n) is 9.70. The summed E-state index contributed by atoms with van der Waals surface area (Å²) in [6.45, 7) is 1.63. The van der Waals surface area contributed by atoms with Gasteiger partial charge in [0.05, 0.1) is 23.8 Å². The Morgan fingerprint density at radius 3 is 2.94 bits per heavy atom. The van der Waals surface area contributed by atoms with E-state index in [4.69, 9.17) is 9.84 Å². The van der Waals surface area contributed by atoms with Gasteiger partial charge in [-0.15, -0.1) is 0 Å². The Balaban J connectivity index is 2.11. The second-order valence-electron chi connectivity index (χ2n) is 4.23. The van der Waals surface area contributed by atoms with Crippen LogP contribution in [-0.2, 0) is 11.3 Å². The fourth-order valence-corrected chi connectivity index (χ4v) is 2.34. The largest absolute Gasteiger partial charge is 0.394 e. The molecule has 0 radical (unpaired) electrons. The smallest absolute Gasteiger partial charge is 0.144 e. The maximum atomic E-state index is 13.8. The van der Waals surface area contributed by atoms with Crippen LogP contribution >= 0.6 is 15.9 Å². The van der Waals surface area contributed by atoms with Gasteiger partial charge < -0.3 is 9.84 Å². The van der Waals surface area contributed by atoms with Crippen molar-refractivity contribution in [1.29, 1.82) is 0 Å². The molecular formula is C12H14BrF2NO2. The molecule has 100 valence electrons. The van der Waals surface area contributed by atoms with Gasteiger partial charge in [0, 0.05) is 25.2 Å². The van der Waals surface area contributed by atoms with Gasteiger partial charge in [-0.2, -0.15) is 0 Å². The molecule has 1 saturated heterocycles. The zero-order chi connectivity index (χ0) is 13.1. The van der Waals surface area contributed by atoms with E-state index in [1.165, 1.54) is 12.1 Å². The first-order valence-corrected chi connectivity index (χ1v) is 6.48. The van der Waals surface area contributed by atoms with E-state index in [2.05, 4.69) is 15.9 Å². The fourth-order valence-electron chi connectivity index (χ4n) is 1.97. The number of benzene rings is 1. The first-order valence-electron chi connectivity index (χ1n) is 5.69. The highest BCUT2D eigenvalue weighted by atomic mass is 79.9. The van der Waals surface area contributed by atoms with Crippen molar-refractivity contribution in [3.8, 4) is 0 Å². The molecule has 0 aromatic heterocycles. The SMILES string of the molecule is OCC1CN(Cc2c(F)ccc(Br)c2F)CCO1. The first kappa shape index (κ1) is 13.9. The third kappa shape index (κ3) is 3.06. The molecule has 1 aromatic rings. The van der Waals surface area contributed by atoms with Gasteiger partial charge in [0.15, 0.2) is 0 Å². The molecule has 1 aromatic carbocycles. The Labute approximate surface area is 112 Å². The van der Waals surface area contributed by atoms with E-state index in [1.807, 2.05) is 4.90 Å². The maximum absolute atomic E-state index is 13.8. The van der Waals surface area contributed by atoms with Crippen LogP contribution in [0.2, 0.25) is 0 Å². The molecule has 18 heavy (non-hydrogen) atoms. The number of ether oxygens (including phenoxy) is 1. The molecule has 6 heteroatoms. The van der Waals surface area contributed by atoms with Crippen LogP contribution in [0.4, 0.5) is 8.78 Å². The number of aliphatic hydroxyl groups is 1. The van der Waals surface area contributed by atoms with Crippen molar-refractivity contribution in [1.82, 2.24) is 4.90 Å². The number of hydrogen-bond acceptors (Lipinski definition) is 3. The topological polar surface area (TPSA) is 32.7 Å². The summed E-state index contributed by atoms with van der Waals surface area (Å²) in [7, 11) is 0. The standard InChI is InChI=1S/C12H14BrF2NO2/c13-10-1-2-11(14)9(12(10)15)6-16-3-4-18-8(5-16)7-17/h1-2,8,17H,3-7H2. The summed E-state index contributed by atoms with van der Waals surface area (Å²) < 4.78 is 32.9. The highest BCUT2D eigenvalue weighted by Gasteiger charge is 2.22. The summed E-state index contributed by atoms with van der Waals surface area (Å²) in [5.41, 5.74) is 0.0444. The van der Waals surface area contributed by atoms with Crippen molar-refractivity contribution in [2.45, 2.75) is 12.6 Å². The van der Waals surface area contributed by atoms with E-state index in [-0.39, 0.29) is 29.3 Å². The highest BCUT2D eigenvalue weighted by Crippen LogP contribution is 2.23.